The quantitative estimate of drug-likeness (QED) is 0.580. The molecule has 0 radical (unpaired) electrons. The van der Waals surface area contributed by atoms with Gasteiger partial charge in [0, 0.05) is 0 Å². The van der Waals surface area contributed by atoms with Crippen LogP contribution in [0.3, 0.4) is 0 Å². The number of benzene rings is 1. The van der Waals surface area contributed by atoms with Crippen molar-refractivity contribution in [2.45, 2.75) is 6.42 Å². The number of likely N-dealkylation sites (N-methyl/N-ethyl adjacent to an activating group) is 1. The Kier molecular flexibility index (Phi) is 5.90. The van der Waals surface area contributed by atoms with E-state index in [4.69, 9.17) is 0 Å². The van der Waals surface area contributed by atoms with Crippen LogP contribution in [-0.4, -0.2) is 13.6 Å². The summed E-state index contributed by atoms with van der Waals surface area (Å²) < 4.78 is 0. The van der Waals surface area contributed by atoms with Crippen LogP contribution in [0.1, 0.15) is 5.56 Å². The van der Waals surface area contributed by atoms with Gasteiger partial charge in [-0.05, 0) is 25.6 Å². The van der Waals surface area contributed by atoms with E-state index < -0.39 is 0 Å². The minimum atomic E-state index is 0. The molecule has 1 aromatic rings. The maximum Gasteiger partial charge on any atom is -0.00114 e. The molecule has 62 valence electrons. The summed E-state index contributed by atoms with van der Waals surface area (Å²) in [7, 11) is 1.98. The zero-order chi connectivity index (χ0) is 7.23. The van der Waals surface area contributed by atoms with Gasteiger partial charge in [-0.1, -0.05) is 30.3 Å². The SMILES string of the molecule is CNCCc1ccccc1.[Cl-]. The molecule has 0 heterocycles. The molecule has 0 fully saturated rings. The maximum absolute atomic E-state index is 3.12. The van der Waals surface area contributed by atoms with Gasteiger partial charge in [-0.2, -0.15) is 0 Å². The van der Waals surface area contributed by atoms with E-state index in [1.54, 1.807) is 0 Å². The molecule has 0 amide bonds. The molecule has 0 saturated carbocycles. The van der Waals surface area contributed by atoms with E-state index in [2.05, 4.69) is 29.6 Å². The van der Waals surface area contributed by atoms with Crippen LogP contribution in [0.15, 0.2) is 30.3 Å². The first-order chi connectivity index (χ1) is 4.93. The van der Waals surface area contributed by atoms with Gasteiger partial charge in [0.2, 0.25) is 0 Å². The zero-order valence-electron chi connectivity index (χ0n) is 6.68. The van der Waals surface area contributed by atoms with Crippen molar-refractivity contribution in [3.63, 3.8) is 0 Å². The summed E-state index contributed by atoms with van der Waals surface area (Å²) in [6.07, 6.45) is 1.12. The predicted octanol–water partition coefficient (Wildman–Crippen LogP) is -1.55. The molecule has 0 aliphatic heterocycles. The molecular formula is C9H13ClN-. The first-order valence-corrected chi connectivity index (χ1v) is 3.62. The van der Waals surface area contributed by atoms with Gasteiger partial charge in [-0.3, -0.25) is 0 Å². The number of hydrogen-bond acceptors (Lipinski definition) is 1. The third-order valence-electron chi connectivity index (χ3n) is 1.51. The van der Waals surface area contributed by atoms with Gasteiger partial charge in [0.1, 0.15) is 0 Å². The highest BCUT2D eigenvalue weighted by molar-refractivity contribution is 5.14. The molecule has 0 saturated heterocycles. The summed E-state index contributed by atoms with van der Waals surface area (Å²) in [4.78, 5) is 0. The molecule has 0 spiro atoms. The van der Waals surface area contributed by atoms with E-state index >= 15 is 0 Å². The fourth-order valence-electron chi connectivity index (χ4n) is 0.914. The third kappa shape index (κ3) is 4.02. The number of rotatable bonds is 3. The second kappa shape index (κ2) is 6.20. The zero-order valence-corrected chi connectivity index (χ0v) is 7.43. The van der Waals surface area contributed by atoms with E-state index in [1.807, 2.05) is 13.1 Å². The normalized spacial score (nSPS) is 8.82. The van der Waals surface area contributed by atoms with Crippen molar-refractivity contribution >= 4 is 0 Å². The van der Waals surface area contributed by atoms with Crippen LogP contribution in [0, 0.1) is 0 Å². The van der Waals surface area contributed by atoms with Crippen LogP contribution >= 0.6 is 0 Å². The topological polar surface area (TPSA) is 12.0 Å². The maximum atomic E-state index is 3.12. The molecule has 1 N–H and O–H groups in total. The van der Waals surface area contributed by atoms with Crippen molar-refractivity contribution in [1.29, 1.82) is 0 Å². The second-order valence-electron chi connectivity index (χ2n) is 2.34. The number of nitrogens with one attached hydrogen (secondary N) is 1. The van der Waals surface area contributed by atoms with Crippen molar-refractivity contribution in [2.24, 2.45) is 0 Å². The average molecular weight is 171 g/mol. The van der Waals surface area contributed by atoms with Crippen LogP contribution in [0.25, 0.3) is 0 Å². The summed E-state index contributed by atoms with van der Waals surface area (Å²) in [6, 6.07) is 10.5. The average Bonchev–Trinajstić information content (AvgIpc) is 2.03. The lowest BCUT2D eigenvalue weighted by Gasteiger charge is -1.97. The van der Waals surface area contributed by atoms with Crippen LogP contribution < -0.4 is 17.7 Å². The molecule has 11 heavy (non-hydrogen) atoms. The van der Waals surface area contributed by atoms with E-state index in [0.29, 0.717) is 0 Å². The van der Waals surface area contributed by atoms with Crippen LogP contribution in [0.2, 0.25) is 0 Å². The summed E-state index contributed by atoms with van der Waals surface area (Å²) in [5, 5.41) is 3.12. The van der Waals surface area contributed by atoms with Crippen molar-refractivity contribution in [3.05, 3.63) is 35.9 Å². The molecule has 1 rings (SSSR count). The monoisotopic (exact) mass is 170 g/mol. The minimum absolute atomic E-state index is 0. The summed E-state index contributed by atoms with van der Waals surface area (Å²) in [6.45, 7) is 1.06. The first-order valence-electron chi connectivity index (χ1n) is 3.62. The smallest absolute Gasteiger partial charge is 0.00114 e. The van der Waals surface area contributed by atoms with Crippen LogP contribution in [0.5, 0.6) is 0 Å². The molecule has 0 aromatic heterocycles. The Labute approximate surface area is 74.2 Å². The Morgan fingerprint density at radius 2 is 1.82 bits per heavy atom. The fraction of sp³-hybridized carbons (Fsp3) is 0.333. The van der Waals surface area contributed by atoms with Gasteiger partial charge >= 0.3 is 0 Å². The summed E-state index contributed by atoms with van der Waals surface area (Å²) >= 11 is 0. The molecular weight excluding hydrogens is 158 g/mol. The van der Waals surface area contributed by atoms with Gasteiger partial charge in [0.25, 0.3) is 0 Å². The van der Waals surface area contributed by atoms with Crippen LogP contribution in [-0.2, 0) is 6.42 Å². The Hall–Kier alpha value is -0.530. The molecule has 2 heteroatoms. The molecule has 0 atom stereocenters. The predicted molar refractivity (Wildman–Crippen MR) is 44.1 cm³/mol. The minimum Gasteiger partial charge on any atom is -1.00 e. The van der Waals surface area contributed by atoms with Gasteiger partial charge in [0.15, 0.2) is 0 Å². The number of hydrogen-bond donors (Lipinski definition) is 1. The van der Waals surface area contributed by atoms with Crippen molar-refractivity contribution in [2.75, 3.05) is 13.6 Å². The second-order valence-corrected chi connectivity index (χ2v) is 2.34. The molecule has 1 aromatic carbocycles. The highest BCUT2D eigenvalue weighted by atomic mass is 35.5. The molecule has 0 aliphatic rings. The van der Waals surface area contributed by atoms with Crippen molar-refractivity contribution < 1.29 is 12.4 Å². The Balaban J connectivity index is 0.000001000. The third-order valence-corrected chi connectivity index (χ3v) is 1.51. The molecule has 0 bridgehead atoms. The van der Waals surface area contributed by atoms with Gasteiger partial charge in [-0.25, -0.2) is 0 Å². The lowest BCUT2D eigenvalue weighted by Crippen LogP contribution is -3.00. The summed E-state index contributed by atoms with van der Waals surface area (Å²) in [5.74, 6) is 0. The first kappa shape index (κ1) is 10.5. The standard InChI is InChI=1S/C9H13N.ClH/c1-10-8-7-9-5-3-2-4-6-9;/h2-6,10H,7-8H2,1H3;1H/p-1. The fourth-order valence-corrected chi connectivity index (χ4v) is 0.914. The van der Waals surface area contributed by atoms with Gasteiger partial charge < -0.3 is 17.7 Å². The Bertz CT molecular complexity index is 174. The van der Waals surface area contributed by atoms with Crippen molar-refractivity contribution in [1.82, 2.24) is 5.32 Å². The van der Waals surface area contributed by atoms with E-state index in [0.717, 1.165) is 13.0 Å². The highest BCUT2D eigenvalue weighted by Crippen LogP contribution is 1.97. The summed E-state index contributed by atoms with van der Waals surface area (Å²) in [5.41, 5.74) is 1.40. The van der Waals surface area contributed by atoms with E-state index in [9.17, 15) is 0 Å². The lowest BCUT2D eigenvalue weighted by atomic mass is 10.2. The molecule has 1 nitrogen and oxygen atoms in total. The van der Waals surface area contributed by atoms with Crippen molar-refractivity contribution in [3.8, 4) is 0 Å². The number of halogens is 1. The lowest BCUT2D eigenvalue weighted by molar-refractivity contribution is -0.00000213. The highest BCUT2D eigenvalue weighted by Gasteiger charge is 1.86. The Morgan fingerprint density at radius 3 is 2.36 bits per heavy atom. The van der Waals surface area contributed by atoms with Gasteiger partial charge in [0.05, 0.1) is 0 Å². The largest absolute Gasteiger partial charge is 1.00 e. The van der Waals surface area contributed by atoms with Gasteiger partial charge in [-0.15, -0.1) is 0 Å². The van der Waals surface area contributed by atoms with E-state index in [-0.39, 0.29) is 12.4 Å². The molecule has 0 unspecified atom stereocenters. The van der Waals surface area contributed by atoms with Crippen LogP contribution in [0.4, 0.5) is 0 Å². The molecule has 0 aliphatic carbocycles. The Morgan fingerprint density at radius 1 is 1.18 bits per heavy atom. The van der Waals surface area contributed by atoms with E-state index in [1.165, 1.54) is 5.56 Å².